The molecule has 2 rings (SSSR count). The molecule has 1 heterocycles. The molecule has 4 heteroatoms. The monoisotopic (exact) mass is 280 g/mol. The summed E-state index contributed by atoms with van der Waals surface area (Å²) in [5.41, 5.74) is 0.837. The molecular formula is C12H11BrNO2+. The van der Waals surface area contributed by atoms with Gasteiger partial charge in [0.1, 0.15) is 0 Å². The van der Waals surface area contributed by atoms with Crippen LogP contribution in [0.2, 0.25) is 0 Å². The summed E-state index contributed by atoms with van der Waals surface area (Å²) in [6.45, 7) is 2.16. The van der Waals surface area contributed by atoms with E-state index in [9.17, 15) is 4.79 Å². The highest BCUT2D eigenvalue weighted by Crippen LogP contribution is 2.15. The highest BCUT2D eigenvalue weighted by Gasteiger charge is 2.20. The van der Waals surface area contributed by atoms with Crippen molar-refractivity contribution in [3.63, 3.8) is 0 Å². The van der Waals surface area contributed by atoms with Gasteiger partial charge in [-0.3, -0.25) is 0 Å². The number of rotatable bonds is 1. The Bertz CT molecular complexity index is 540. The van der Waals surface area contributed by atoms with Gasteiger partial charge in [-0.25, -0.2) is 0 Å². The predicted molar refractivity (Wildman–Crippen MR) is 64.3 cm³/mol. The van der Waals surface area contributed by atoms with Crippen molar-refractivity contribution in [3.05, 3.63) is 41.0 Å². The minimum absolute atomic E-state index is 0.361. The van der Waals surface area contributed by atoms with Crippen LogP contribution < -0.4 is 4.57 Å². The first-order valence-electron chi connectivity index (χ1n) is 4.99. The average molecular weight is 281 g/mol. The zero-order valence-corrected chi connectivity index (χ0v) is 10.4. The number of hydrogen-bond acceptors (Lipinski definition) is 2. The van der Waals surface area contributed by atoms with E-state index >= 15 is 0 Å². The van der Waals surface area contributed by atoms with Crippen LogP contribution in [-0.2, 0) is 4.74 Å². The number of aromatic nitrogens is 1. The van der Waals surface area contributed by atoms with Crippen LogP contribution >= 0.6 is 15.9 Å². The van der Waals surface area contributed by atoms with E-state index < -0.39 is 0 Å². The van der Waals surface area contributed by atoms with Crippen LogP contribution in [0.4, 0.5) is 4.79 Å². The van der Waals surface area contributed by atoms with Gasteiger partial charge in [-0.2, -0.15) is 4.79 Å². The van der Waals surface area contributed by atoms with Crippen LogP contribution in [0.5, 0.6) is 0 Å². The fraction of sp³-hybridized carbons (Fsp3) is 0.167. The second kappa shape index (κ2) is 4.61. The van der Waals surface area contributed by atoms with Gasteiger partial charge in [-0.05, 0) is 35.0 Å². The van der Waals surface area contributed by atoms with E-state index in [-0.39, 0.29) is 6.09 Å². The maximum absolute atomic E-state index is 11.7. The summed E-state index contributed by atoms with van der Waals surface area (Å²) < 4.78 is 7.34. The van der Waals surface area contributed by atoms with Gasteiger partial charge >= 0.3 is 6.09 Å². The fourth-order valence-corrected chi connectivity index (χ4v) is 2.00. The smallest absolute Gasteiger partial charge is 0.412 e. The normalized spacial score (nSPS) is 10.4. The van der Waals surface area contributed by atoms with Crippen LogP contribution in [0.3, 0.4) is 0 Å². The molecule has 0 aliphatic rings. The van der Waals surface area contributed by atoms with Crippen molar-refractivity contribution in [1.29, 1.82) is 0 Å². The highest BCUT2D eigenvalue weighted by molar-refractivity contribution is 9.10. The molecular weight excluding hydrogens is 270 g/mol. The Labute approximate surface area is 102 Å². The first kappa shape index (κ1) is 11.1. The summed E-state index contributed by atoms with van der Waals surface area (Å²) in [7, 11) is 0. The number of benzene rings is 1. The molecule has 82 valence electrons. The van der Waals surface area contributed by atoms with Crippen LogP contribution in [-0.4, -0.2) is 12.7 Å². The molecule has 0 spiro atoms. The molecule has 2 aromatic rings. The molecule has 16 heavy (non-hydrogen) atoms. The van der Waals surface area contributed by atoms with Gasteiger partial charge in [0, 0.05) is 11.5 Å². The summed E-state index contributed by atoms with van der Waals surface area (Å²) in [5, 5.41) is 0.991. The van der Waals surface area contributed by atoms with Gasteiger partial charge in [-0.1, -0.05) is 16.7 Å². The van der Waals surface area contributed by atoms with Gasteiger partial charge in [-0.15, -0.1) is 0 Å². The second-order valence-electron chi connectivity index (χ2n) is 3.29. The number of hydrogen-bond donors (Lipinski definition) is 0. The molecule has 0 saturated carbocycles. The molecule has 3 nitrogen and oxygen atoms in total. The van der Waals surface area contributed by atoms with Crippen LogP contribution in [0.1, 0.15) is 6.92 Å². The number of nitrogens with zero attached hydrogens (tertiary/aromatic N) is 1. The van der Waals surface area contributed by atoms with Crippen molar-refractivity contribution in [2.24, 2.45) is 0 Å². The summed E-state index contributed by atoms with van der Waals surface area (Å²) in [6.07, 6.45) is 1.35. The summed E-state index contributed by atoms with van der Waals surface area (Å²) in [4.78, 5) is 11.7. The number of para-hydroxylation sites is 1. The Hall–Kier alpha value is -1.42. The van der Waals surface area contributed by atoms with Crippen LogP contribution in [0.15, 0.2) is 41.0 Å². The van der Waals surface area contributed by atoms with E-state index in [1.54, 1.807) is 13.1 Å². The molecule has 0 aliphatic heterocycles. The maximum atomic E-state index is 11.7. The fourth-order valence-electron chi connectivity index (χ4n) is 1.55. The maximum Gasteiger partial charge on any atom is 0.602 e. The lowest BCUT2D eigenvalue weighted by atomic mass is 10.2. The first-order valence-corrected chi connectivity index (χ1v) is 5.78. The summed E-state index contributed by atoms with van der Waals surface area (Å²) >= 11 is 3.37. The molecule has 0 unspecified atom stereocenters. The Morgan fingerprint density at radius 1 is 1.44 bits per heavy atom. The Morgan fingerprint density at radius 2 is 2.19 bits per heavy atom. The summed E-state index contributed by atoms with van der Waals surface area (Å²) in [5.74, 6) is 0. The van der Waals surface area contributed by atoms with E-state index in [0.29, 0.717) is 6.61 Å². The molecule has 0 bridgehead atoms. The molecule has 1 aromatic heterocycles. The quantitative estimate of drug-likeness (QED) is 0.752. The number of carbonyl (C=O) groups is 1. The standard InChI is InChI=1S/C12H11BrNO2/c1-2-16-12(15)14-8-10(13)7-9-5-3-4-6-11(9)14/h3-8H,2H2,1H3/q+1. The number of carbonyl (C=O) groups excluding carboxylic acids is 1. The topological polar surface area (TPSA) is 30.2 Å². The lowest BCUT2D eigenvalue weighted by Gasteiger charge is -2.00. The van der Waals surface area contributed by atoms with E-state index in [1.165, 1.54) is 4.57 Å². The number of ether oxygens (including phenoxy) is 1. The number of halogens is 1. The SMILES string of the molecule is CCOC(=O)[n+]1cc(Br)cc2ccccc21. The van der Waals surface area contributed by atoms with E-state index in [1.807, 2.05) is 30.3 Å². The molecule has 0 radical (unpaired) electrons. The lowest BCUT2D eigenvalue weighted by molar-refractivity contribution is -0.559. The Kier molecular flexibility index (Phi) is 3.19. The van der Waals surface area contributed by atoms with E-state index in [2.05, 4.69) is 15.9 Å². The molecule has 1 aromatic carbocycles. The van der Waals surface area contributed by atoms with E-state index in [4.69, 9.17) is 4.74 Å². The van der Waals surface area contributed by atoms with Crippen molar-refractivity contribution in [2.45, 2.75) is 6.92 Å². The van der Waals surface area contributed by atoms with Crippen molar-refractivity contribution in [1.82, 2.24) is 0 Å². The van der Waals surface area contributed by atoms with Crippen molar-refractivity contribution in [2.75, 3.05) is 6.61 Å². The van der Waals surface area contributed by atoms with Crippen molar-refractivity contribution in [3.8, 4) is 0 Å². The second-order valence-corrected chi connectivity index (χ2v) is 4.20. The Balaban J connectivity index is 2.63. The third kappa shape index (κ3) is 2.07. The van der Waals surface area contributed by atoms with Gasteiger partial charge < -0.3 is 4.74 Å². The van der Waals surface area contributed by atoms with Gasteiger partial charge in [0.2, 0.25) is 5.52 Å². The van der Waals surface area contributed by atoms with E-state index in [0.717, 1.165) is 15.4 Å². The highest BCUT2D eigenvalue weighted by atomic mass is 79.9. The molecule has 0 N–H and O–H groups in total. The molecule has 0 atom stereocenters. The molecule has 0 aliphatic carbocycles. The largest absolute Gasteiger partial charge is 0.602 e. The lowest BCUT2D eigenvalue weighted by Crippen LogP contribution is -2.43. The minimum atomic E-state index is -0.361. The van der Waals surface area contributed by atoms with Crippen LogP contribution in [0.25, 0.3) is 10.9 Å². The van der Waals surface area contributed by atoms with Crippen molar-refractivity contribution >= 4 is 32.9 Å². The third-order valence-corrected chi connectivity index (χ3v) is 2.64. The van der Waals surface area contributed by atoms with Gasteiger partial charge in [0.25, 0.3) is 0 Å². The summed E-state index contributed by atoms with van der Waals surface area (Å²) in [6, 6.07) is 9.63. The minimum Gasteiger partial charge on any atom is -0.412 e. The first-order chi connectivity index (χ1) is 7.72. The van der Waals surface area contributed by atoms with Gasteiger partial charge in [0.15, 0.2) is 6.20 Å². The van der Waals surface area contributed by atoms with Crippen molar-refractivity contribution < 1.29 is 14.1 Å². The zero-order chi connectivity index (χ0) is 11.5. The Morgan fingerprint density at radius 3 is 2.94 bits per heavy atom. The third-order valence-electron chi connectivity index (χ3n) is 2.21. The zero-order valence-electron chi connectivity index (χ0n) is 8.81. The number of fused-ring (bicyclic) bond motifs is 1. The predicted octanol–water partition coefficient (Wildman–Crippen LogP) is 2.89. The molecule has 0 saturated heterocycles. The average Bonchev–Trinajstić information content (AvgIpc) is 2.28. The molecule has 0 fully saturated rings. The van der Waals surface area contributed by atoms with Gasteiger partial charge in [0.05, 0.1) is 11.1 Å². The number of pyridine rings is 1. The van der Waals surface area contributed by atoms with Crippen LogP contribution in [0, 0.1) is 0 Å². The molecule has 0 amide bonds.